The summed E-state index contributed by atoms with van der Waals surface area (Å²) in [6.45, 7) is 10.7. The molecule has 0 amide bonds. The van der Waals surface area contributed by atoms with Crippen molar-refractivity contribution in [1.29, 1.82) is 0 Å². The molecule has 112 valence electrons. The topological polar surface area (TPSA) is 23.5 Å². The van der Waals surface area contributed by atoms with Gasteiger partial charge in [0, 0.05) is 13.1 Å². The van der Waals surface area contributed by atoms with Crippen molar-refractivity contribution in [2.75, 3.05) is 19.6 Å². The summed E-state index contributed by atoms with van der Waals surface area (Å²) in [5.74, 6) is 3.03. The number of hydrogen-bond donors (Lipinski definition) is 1. The van der Waals surface area contributed by atoms with Gasteiger partial charge < -0.3 is 10.0 Å². The lowest BCUT2D eigenvalue weighted by Gasteiger charge is -2.40. The maximum atomic E-state index is 10.3. The molecule has 0 aromatic heterocycles. The van der Waals surface area contributed by atoms with Crippen molar-refractivity contribution in [2.45, 2.75) is 65.4 Å². The molecular weight excluding hydrogens is 234 g/mol. The van der Waals surface area contributed by atoms with Gasteiger partial charge in [-0.3, -0.25) is 0 Å². The Morgan fingerprint density at radius 1 is 1.21 bits per heavy atom. The number of rotatable bonds is 4. The van der Waals surface area contributed by atoms with E-state index in [2.05, 4.69) is 25.7 Å². The van der Waals surface area contributed by atoms with Crippen molar-refractivity contribution in [3.63, 3.8) is 0 Å². The summed E-state index contributed by atoms with van der Waals surface area (Å²) in [7, 11) is 0. The summed E-state index contributed by atoms with van der Waals surface area (Å²) in [5.41, 5.74) is 0. The fourth-order valence-corrected chi connectivity index (χ4v) is 4.07. The van der Waals surface area contributed by atoms with E-state index in [1.165, 1.54) is 45.2 Å². The molecule has 2 heteroatoms. The van der Waals surface area contributed by atoms with Gasteiger partial charge in [-0.2, -0.15) is 0 Å². The van der Waals surface area contributed by atoms with Crippen LogP contribution in [0.1, 0.15) is 59.3 Å². The first-order valence-electron chi connectivity index (χ1n) is 8.50. The highest BCUT2D eigenvalue weighted by Crippen LogP contribution is 2.35. The number of aliphatic hydroxyl groups is 1. The third-order valence-corrected chi connectivity index (χ3v) is 5.60. The lowest BCUT2D eigenvalue weighted by Crippen LogP contribution is -2.43. The molecule has 0 aromatic carbocycles. The fourth-order valence-electron chi connectivity index (χ4n) is 4.07. The molecule has 0 spiro atoms. The van der Waals surface area contributed by atoms with Crippen LogP contribution in [0.3, 0.4) is 0 Å². The molecule has 2 nitrogen and oxygen atoms in total. The maximum absolute atomic E-state index is 10.3. The first kappa shape index (κ1) is 15.3. The van der Waals surface area contributed by atoms with E-state index >= 15 is 0 Å². The third kappa shape index (κ3) is 4.19. The normalized spacial score (nSPS) is 37.7. The summed E-state index contributed by atoms with van der Waals surface area (Å²) in [4.78, 5) is 2.63. The van der Waals surface area contributed by atoms with E-state index < -0.39 is 0 Å². The fraction of sp³-hybridized carbons (Fsp3) is 1.00. The Bertz CT molecular complexity index is 266. The first-order valence-corrected chi connectivity index (χ1v) is 8.50. The van der Waals surface area contributed by atoms with Crippen molar-refractivity contribution in [3.8, 4) is 0 Å². The molecule has 19 heavy (non-hydrogen) atoms. The molecular formula is C17H33NO. The highest BCUT2D eigenvalue weighted by molar-refractivity contribution is 4.84. The van der Waals surface area contributed by atoms with Gasteiger partial charge in [0.15, 0.2) is 0 Å². The Hall–Kier alpha value is -0.0800. The molecule has 1 aliphatic heterocycles. The van der Waals surface area contributed by atoms with Crippen molar-refractivity contribution >= 4 is 0 Å². The van der Waals surface area contributed by atoms with Gasteiger partial charge in [-0.15, -0.1) is 0 Å². The molecule has 1 aliphatic carbocycles. The molecule has 0 bridgehead atoms. The number of hydrogen-bond acceptors (Lipinski definition) is 2. The van der Waals surface area contributed by atoms with Crippen molar-refractivity contribution in [1.82, 2.24) is 4.90 Å². The van der Waals surface area contributed by atoms with Crippen molar-refractivity contribution in [3.05, 3.63) is 0 Å². The monoisotopic (exact) mass is 267 g/mol. The van der Waals surface area contributed by atoms with Crippen LogP contribution in [0.2, 0.25) is 0 Å². The van der Waals surface area contributed by atoms with Crippen LogP contribution in [-0.4, -0.2) is 35.7 Å². The quantitative estimate of drug-likeness (QED) is 0.842. The van der Waals surface area contributed by atoms with Crippen LogP contribution in [0.25, 0.3) is 0 Å². The van der Waals surface area contributed by atoms with Crippen LogP contribution in [0.15, 0.2) is 0 Å². The zero-order valence-electron chi connectivity index (χ0n) is 13.1. The second-order valence-corrected chi connectivity index (χ2v) is 7.32. The van der Waals surface area contributed by atoms with Gasteiger partial charge in [-0.05, 0) is 62.3 Å². The van der Waals surface area contributed by atoms with Gasteiger partial charge in [0.05, 0.1) is 6.10 Å². The van der Waals surface area contributed by atoms with E-state index in [0.29, 0.717) is 5.92 Å². The highest BCUT2D eigenvalue weighted by Gasteiger charge is 2.32. The molecule has 1 heterocycles. The average Bonchev–Trinajstić information content (AvgIpc) is 2.41. The summed E-state index contributed by atoms with van der Waals surface area (Å²) in [5, 5.41) is 10.3. The smallest absolute Gasteiger partial charge is 0.0580 e. The minimum Gasteiger partial charge on any atom is -0.393 e. The Morgan fingerprint density at radius 2 is 2.00 bits per heavy atom. The second-order valence-electron chi connectivity index (χ2n) is 7.32. The number of likely N-dealkylation sites (tertiary alicyclic amines) is 1. The SMILES string of the molecule is CCC1CCCN(CC2CC(C(C)C)CCC2O)C1. The Morgan fingerprint density at radius 3 is 2.68 bits per heavy atom. The molecule has 2 aliphatic rings. The van der Waals surface area contributed by atoms with Gasteiger partial charge >= 0.3 is 0 Å². The minimum atomic E-state index is -0.0444. The van der Waals surface area contributed by atoms with E-state index in [9.17, 15) is 5.11 Å². The number of nitrogens with zero attached hydrogens (tertiary/aromatic N) is 1. The number of piperidine rings is 1. The molecule has 1 saturated heterocycles. The molecule has 1 saturated carbocycles. The lowest BCUT2D eigenvalue weighted by atomic mass is 9.74. The van der Waals surface area contributed by atoms with E-state index in [4.69, 9.17) is 0 Å². The summed E-state index contributed by atoms with van der Waals surface area (Å²) in [6, 6.07) is 0. The van der Waals surface area contributed by atoms with Crippen LogP contribution < -0.4 is 0 Å². The summed E-state index contributed by atoms with van der Waals surface area (Å²) >= 11 is 0. The predicted molar refractivity (Wildman–Crippen MR) is 81.1 cm³/mol. The molecule has 0 radical (unpaired) electrons. The van der Waals surface area contributed by atoms with Crippen molar-refractivity contribution < 1.29 is 5.11 Å². The minimum absolute atomic E-state index is 0.0444. The van der Waals surface area contributed by atoms with E-state index in [1.54, 1.807) is 0 Å². The highest BCUT2D eigenvalue weighted by atomic mass is 16.3. The van der Waals surface area contributed by atoms with Gasteiger partial charge in [0.25, 0.3) is 0 Å². The van der Waals surface area contributed by atoms with Crippen LogP contribution in [0.5, 0.6) is 0 Å². The molecule has 0 aromatic rings. The summed E-state index contributed by atoms with van der Waals surface area (Å²) in [6.07, 6.45) is 7.54. The molecule has 4 unspecified atom stereocenters. The predicted octanol–water partition coefficient (Wildman–Crippen LogP) is 3.54. The van der Waals surface area contributed by atoms with Gasteiger partial charge in [0.2, 0.25) is 0 Å². The van der Waals surface area contributed by atoms with E-state index in [-0.39, 0.29) is 6.10 Å². The van der Waals surface area contributed by atoms with Crippen LogP contribution in [-0.2, 0) is 0 Å². The third-order valence-electron chi connectivity index (χ3n) is 5.60. The molecule has 2 rings (SSSR count). The number of aliphatic hydroxyl groups excluding tert-OH is 1. The lowest BCUT2D eigenvalue weighted by molar-refractivity contribution is 0.0110. The zero-order chi connectivity index (χ0) is 13.8. The van der Waals surface area contributed by atoms with Gasteiger partial charge in [-0.1, -0.05) is 27.2 Å². The Kier molecular flexibility index (Phi) is 5.70. The van der Waals surface area contributed by atoms with Crippen molar-refractivity contribution in [2.24, 2.45) is 23.7 Å². The average molecular weight is 267 g/mol. The zero-order valence-corrected chi connectivity index (χ0v) is 13.1. The van der Waals surface area contributed by atoms with Crippen LogP contribution in [0, 0.1) is 23.7 Å². The largest absolute Gasteiger partial charge is 0.393 e. The Labute approximate surface area is 119 Å². The molecule has 1 N–H and O–H groups in total. The second kappa shape index (κ2) is 7.08. The standard InChI is InChI=1S/C17H33NO/c1-4-14-6-5-9-18(11-14)12-16-10-15(13(2)3)7-8-17(16)19/h13-17,19H,4-12H2,1-3H3. The van der Waals surface area contributed by atoms with E-state index in [1.807, 2.05) is 0 Å². The van der Waals surface area contributed by atoms with Crippen LogP contribution >= 0.6 is 0 Å². The van der Waals surface area contributed by atoms with E-state index in [0.717, 1.165) is 30.7 Å². The maximum Gasteiger partial charge on any atom is 0.0580 e. The van der Waals surface area contributed by atoms with Crippen LogP contribution in [0.4, 0.5) is 0 Å². The first-order chi connectivity index (χ1) is 9.10. The van der Waals surface area contributed by atoms with Gasteiger partial charge in [-0.25, -0.2) is 0 Å². The Balaban J connectivity index is 1.85. The summed E-state index contributed by atoms with van der Waals surface area (Å²) < 4.78 is 0. The molecule has 2 fully saturated rings. The van der Waals surface area contributed by atoms with Gasteiger partial charge in [0.1, 0.15) is 0 Å². The molecule has 4 atom stereocenters.